The minimum absolute atomic E-state index is 0.0969. The lowest BCUT2D eigenvalue weighted by Crippen LogP contribution is -2.10. The van der Waals surface area contributed by atoms with Crippen LogP contribution >= 0.6 is 0 Å². The quantitative estimate of drug-likeness (QED) is 0.771. The van der Waals surface area contributed by atoms with Crippen LogP contribution in [0.3, 0.4) is 0 Å². The van der Waals surface area contributed by atoms with Gasteiger partial charge in [0, 0.05) is 13.5 Å². The zero-order chi connectivity index (χ0) is 11.3. The maximum atomic E-state index is 5.40. The summed E-state index contributed by atoms with van der Waals surface area (Å²) in [7, 11) is 1.65. The van der Waals surface area contributed by atoms with Crippen LogP contribution in [0.1, 0.15) is 38.1 Å². The first-order valence-corrected chi connectivity index (χ1v) is 5.24. The molecular weight excluding hydrogens is 194 g/mol. The third kappa shape index (κ3) is 3.28. The Hall–Kier alpha value is -0.940. The van der Waals surface area contributed by atoms with E-state index in [-0.39, 0.29) is 6.10 Å². The molecule has 1 rings (SSSR count). The van der Waals surface area contributed by atoms with Crippen LogP contribution in [-0.4, -0.2) is 23.8 Å². The van der Waals surface area contributed by atoms with Gasteiger partial charge in [-0.25, -0.2) is 0 Å². The highest BCUT2D eigenvalue weighted by Crippen LogP contribution is 2.22. The van der Waals surface area contributed by atoms with Crippen molar-refractivity contribution in [1.82, 2.24) is 10.1 Å². The molecule has 0 bridgehead atoms. The van der Waals surface area contributed by atoms with E-state index in [4.69, 9.17) is 15.0 Å². The van der Waals surface area contributed by atoms with Crippen LogP contribution in [0.5, 0.6) is 0 Å². The van der Waals surface area contributed by atoms with Gasteiger partial charge in [-0.2, -0.15) is 4.98 Å². The van der Waals surface area contributed by atoms with E-state index >= 15 is 0 Å². The molecule has 0 amide bonds. The summed E-state index contributed by atoms with van der Waals surface area (Å²) in [6, 6.07) is 0. The summed E-state index contributed by atoms with van der Waals surface area (Å²) in [5.74, 6) is 1.59. The zero-order valence-corrected chi connectivity index (χ0v) is 9.56. The molecule has 0 spiro atoms. The Morgan fingerprint density at radius 1 is 1.47 bits per heavy atom. The number of hydrogen-bond acceptors (Lipinski definition) is 5. The molecule has 15 heavy (non-hydrogen) atoms. The number of nitrogens with zero attached hydrogens (tertiary/aromatic N) is 2. The molecule has 2 N–H and O–H groups in total. The van der Waals surface area contributed by atoms with Crippen molar-refractivity contribution in [2.24, 2.45) is 11.7 Å². The molecule has 1 heterocycles. The van der Waals surface area contributed by atoms with Gasteiger partial charge in [-0.3, -0.25) is 0 Å². The first-order chi connectivity index (χ1) is 7.19. The molecule has 0 fully saturated rings. The molecule has 0 aromatic carbocycles. The fourth-order valence-corrected chi connectivity index (χ4v) is 1.41. The number of nitrogens with two attached hydrogens (primary N) is 1. The fraction of sp³-hybridized carbons (Fsp3) is 0.800. The molecule has 0 aliphatic rings. The lowest BCUT2D eigenvalue weighted by molar-refractivity contribution is 0.0555. The van der Waals surface area contributed by atoms with Gasteiger partial charge in [0.05, 0.1) is 0 Å². The Morgan fingerprint density at radius 2 is 2.20 bits per heavy atom. The number of ether oxygens (including phenoxy) is 1. The van der Waals surface area contributed by atoms with Gasteiger partial charge >= 0.3 is 0 Å². The van der Waals surface area contributed by atoms with Crippen molar-refractivity contribution in [3.63, 3.8) is 0 Å². The Morgan fingerprint density at radius 3 is 2.73 bits per heavy atom. The molecule has 0 aliphatic carbocycles. The average Bonchev–Trinajstić information content (AvgIpc) is 2.64. The molecule has 86 valence electrons. The number of aromatic nitrogens is 2. The molecule has 5 heteroatoms. The van der Waals surface area contributed by atoms with Gasteiger partial charge in [-0.15, -0.1) is 0 Å². The van der Waals surface area contributed by atoms with Crippen LogP contribution in [0, 0.1) is 5.92 Å². The number of aryl methyl sites for hydroxylation is 1. The first-order valence-electron chi connectivity index (χ1n) is 5.24. The molecule has 0 saturated carbocycles. The van der Waals surface area contributed by atoms with Gasteiger partial charge in [0.2, 0.25) is 11.7 Å². The van der Waals surface area contributed by atoms with E-state index in [2.05, 4.69) is 24.0 Å². The topological polar surface area (TPSA) is 74.2 Å². The van der Waals surface area contributed by atoms with Crippen molar-refractivity contribution in [3.8, 4) is 0 Å². The van der Waals surface area contributed by atoms with E-state index in [1.165, 1.54) is 0 Å². The minimum Gasteiger partial charge on any atom is -0.373 e. The summed E-state index contributed by atoms with van der Waals surface area (Å²) in [4.78, 5) is 4.28. The third-order valence-corrected chi connectivity index (χ3v) is 2.19. The Bertz CT molecular complexity index is 286. The molecule has 0 radical (unpaired) electrons. The average molecular weight is 213 g/mol. The van der Waals surface area contributed by atoms with Crippen LogP contribution in [0.4, 0.5) is 0 Å². The van der Waals surface area contributed by atoms with Crippen molar-refractivity contribution >= 4 is 0 Å². The van der Waals surface area contributed by atoms with E-state index in [0.717, 1.165) is 12.8 Å². The van der Waals surface area contributed by atoms with Crippen LogP contribution in [-0.2, 0) is 11.2 Å². The van der Waals surface area contributed by atoms with Crippen LogP contribution in [0.2, 0.25) is 0 Å². The van der Waals surface area contributed by atoms with Crippen molar-refractivity contribution in [2.75, 3.05) is 13.7 Å². The van der Waals surface area contributed by atoms with Crippen molar-refractivity contribution in [1.29, 1.82) is 0 Å². The van der Waals surface area contributed by atoms with E-state index < -0.39 is 0 Å². The standard InChI is InChI=1S/C10H19N3O2/c1-7(2)9(14-3)10-12-8(15-13-10)5-4-6-11/h7,9H,4-6,11H2,1-3H3. The third-order valence-electron chi connectivity index (χ3n) is 2.19. The second-order valence-corrected chi connectivity index (χ2v) is 3.84. The van der Waals surface area contributed by atoms with E-state index in [9.17, 15) is 0 Å². The van der Waals surface area contributed by atoms with Crippen molar-refractivity contribution < 1.29 is 9.26 Å². The normalized spacial score (nSPS) is 13.4. The molecule has 1 atom stereocenters. The largest absolute Gasteiger partial charge is 0.373 e. The van der Waals surface area contributed by atoms with Gasteiger partial charge in [0.1, 0.15) is 6.10 Å². The summed E-state index contributed by atoms with van der Waals surface area (Å²) in [6.45, 7) is 4.75. The second-order valence-electron chi connectivity index (χ2n) is 3.84. The Balaban J connectivity index is 2.65. The monoisotopic (exact) mass is 213 g/mol. The highest BCUT2D eigenvalue weighted by Gasteiger charge is 2.20. The molecule has 1 aromatic rings. The molecule has 1 aromatic heterocycles. The number of methoxy groups -OCH3 is 1. The number of rotatable bonds is 6. The maximum Gasteiger partial charge on any atom is 0.226 e. The predicted octanol–water partition coefficient (Wildman–Crippen LogP) is 1.30. The summed E-state index contributed by atoms with van der Waals surface area (Å²) in [5.41, 5.74) is 5.40. The van der Waals surface area contributed by atoms with Crippen LogP contribution in [0.15, 0.2) is 4.52 Å². The maximum absolute atomic E-state index is 5.40. The molecule has 5 nitrogen and oxygen atoms in total. The highest BCUT2D eigenvalue weighted by atomic mass is 16.5. The Labute approximate surface area is 90.0 Å². The lowest BCUT2D eigenvalue weighted by atomic mass is 10.1. The predicted molar refractivity (Wildman–Crippen MR) is 56.3 cm³/mol. The van der Waals surface area contributed by atoms with Crippen molar-refractivity contribution in [3.05, 3.63) is 11.7 Å². The first kappa shape index (κ1) is 12.1. The smallest absolute Gasteiger partial charge is 0.226 e. The van der Waals surface area contributed by atoms with E-state index in [1.54, 1.807) is 7.11 Å². The zero-order valence-electron chi connectivity index (χ0n) is 9.56. The molecular formula is C10H19N3O2. The molecule has 0 saturated heterocycles. The van der Waals surface area contributed by atoms with Crippen molar-refractivity contribution in [2.45, 2.75) is 32.8 Å². The van der Waals surface area contributed by atoms with Gasteiger partial charge < -0.3 is 15.0 Å². The SMILES string of the molecule is COC(c1noc(CCCN)n1)C(C)C. The van der Waals surface area contributed by atoms with Gasteiger partial charge in [0.25, 0.3) is 0 Å². The summed E-state index contributed by atoms with van der Waals surface area (Å²) in [5, 5.41) is 3.91. The summed E-state index contributed by atoms with van der Waals surface area (Å²) < 4.78 is 10.4. The molecule has 0 aliphatic heterocycles. The van der Waals surface area contributed by atoms with E-state index in [0.29, 0.717) is 24.2 Å². The molecule has 1 unspecified atom stereocenters. The number of hydrogen-bond donors (Lipinski definition) is 1. The van der Waals surface area contributed by atoms with Crippen LogP contribution < -0.4 is 5.73 Å². The van der Waals surface area contributed by atoms with Gasteiger partial charge in [-0.05, 0) is 18.9 Å². The van der Waals surface area contributed by atoms with Gasteiger partial charge in [0.15, 0.2) is 0 Å². The summed E-state index contributed by atoms with van der Waals surface area (Å²) >= 11 is 0. The minimum atomic E-state index is -0.0969. The Kier molecular flexibility index (Phi) is 4.71. The lowest BCUT2D eigenvalue weighted by Gasteiger charge is -2.14. The van der Waals surface area contributed by atoms with Crippen LogP contribution in [0.25, 0.3) is 0 Å². The highest BCUT2D eigenvalue weighted by molar-refractivity contribution is 4.92. The second kappa shape index (κ2) is 5.82. The summed E-state index contributed by atoms with van der Waals surface area (Å²) in [6.07, 6.45) is 1.50. The van der Waals surface area contributed by atoms with Gasteiger partial charge in [-0.1, -0.05) is 19.0 Å². The van der Waals surface area contributed by atoms with E-state index in [1.807, 2.05) is 0 Å². The fourth-order valence-electron chi connectivity index (χ4n) is 1.41.